The average molecular weight is 625 g/mol. The lowest BCUT2D eigenvalue weighted by Gasteiger charge is -2.30. The Morgan fingerprint density at radius 3 is 1.16 bits per heavy atom. The van der Waals surface area contributed by atoms with Crippen molar-refractivity contribution in [3.05, 3.63) is 193 Å². The maximum atomic E-state index is 4.65. The predicted octanol–water partition coefficient (Wildman–Crippen LogP) is 10.3. The van der Waals surface area contributed by atoms with E-state index in [9.17, 15) is 0 Å². The Labute approximate surface area is 284 Å². The summed E-state index contributed by atoms with van der Waals surface area (Å²) in [4.78, 5) is 18.4. The molecule has 4 aromatic heterocycles. The summed E-state index contributed by atoms with van der Waals surface area (Å²) in [6, 6.07) is 52.2. The van der Waals surface area contributed by atoms with E-state index in [1.165, 1.54) is 44.5 Å². The number of hydrogen-bond acceptors (Lipinski definition) is 4. The lowest BCUT2D eigenvalue weighted by atomic mass is 9.70. The first-order chi connectivity index (χ1) is 24.3. The second-order valence-electron chi connectivity index (χ2n) is 12.7. The van der Waals surface area contributed by atoms with Crippen molar-refractivity contribution in [3.63, 3.8) is 0 Å². The zero-order valence-corrected chi connectivity index (χ0v) is 26.5. The second-order valence-corrected chi connectivity index (χ2v) is 12.7. The van der Waals surface area contributed by atoms with E-state index in [1.807, 2.05) is 61.2 Å². The van der Waals surface area contributed by atoms with Crippen LogP contribution < -0.4 is 0 Å². The summed E-state index contributed by atoms with van der Waals surface area (Å²) >= 11 is 0. The fourth-order valence-electron chi connectivity index (χ4n) is 8.04. The normalized spacial score (nSPS) is 13.1. The minimum Gasteiger partial charge on any atom is -0.255 e. The molecule has 0 saturated heterocycles. The van der Waals surface area contributed by atoms with Crippen molar-refractivity contribution in [1.29, 1.82) is 0 Å². The zero-order valence-electron chi connectivity index (χ0n) is 26.5. The molecule has 8 aromatic rings. The number of fused-ring (bicyclic) bond motifs is 10. The Morgan fingerprint density at radius 1 is 0.286 bits per heavy atom. The molecule has 0 radical (unpaired) electrons. The van der Waals surface area contributed by atoms with Gasteiger partial charge in [-0.05, 0) is 127 Å². The number of benzene rings is 4. The van der Waals surface area contributed by atoms with Crippen LogP contribution >= 0.6 is 0 Å². The molecular weight excluding hydrogens is 597 g/mol. The van der Waals surface area contributed by atoms with Gasteiger partial charge < -0.3 is 0 Å². The van der Waals surface area contributed by atoms with Crippen LogP contribution in [0.2, 0.25) is 0 Å². The highest BCUT2D eigenvalue weighted by Gasteiger charge is 2.51. The van der Waals surface area contributed by atoms with Crippen molar-refractivity contribution in [3.8, 4) is 67.3 Å². The van der Waals surface area contributed by atoms with E-state index in [-0.39, 0.29) is 0 Å². The quantitative estimate of drug-likeness (QED) is 0.196. The van der Waals surface area contributed by atoms with Crippen LogP contribution in [0.5, 0.6) is 0 Å². The molecule has 228 valence electrons. The standard InChI is InChI=1S/C45H28N4/c1-3-11-37-33(9-1)34-10-2-4-12-38(34)45(37)39-17-15-29(31-19-23-48-43(27-31)41-13-5-7-21-46-41)25-35(39)36-26-30(16-18-40(36)45)32-20-24-49-44(28-32)42-14-6-8-22-47-42/h1-28H. The SMILES string of the molecule is c1ccc(-c2cc(-c3ccc4c(c3)-c3cc(-c5ccnc(-c6ccccn6)c5)ccc3C43c4ccccc4-c4ccccc43)ccn2)nc1. The van der Waals surface area contributed by atoms with E-state index >= 15 is 0 Å². The zero-order chi connectivity index (χ0) is 32.4. The molecule has 1 spiro atoms. The highest BCUT2D eigenvalue weighted by molar-refractivity contribution is 5.97. The third-order valence-electron chi connectivity index (χ3n) is 10.1. The predicted molar refractivity (Wildman–Crippen MR) is 196 cm³/mol. The summed E-state index contributed by atoms with van der Waals surface area (Å²) in [7, 11) is 0. The third kappa shape index (κ3) is 4.11. The van der Waals surface area contributed by atoms with Crippen molar-refractivity contribution in [1.82, 2.24) is 19.9 Å². The first-order valence-electron chi connectivity index (χ1n) is 16.5. The van der Waals surface area contributed by atoms with Crippen LogP contribution in [0.4, 0.5) is 0 Å². The van der Waals surface area contributed by atoms with E-state index in [4.69, 9.17) is 0 Å². The molecule has 0 bridgehead atoms. The minimum absolute atomic E-state index is 0.413. The highest BCUT2D eigenvalue weighted by Crippen LogP contribution is 2.63. The Hall–Kier alpha value is -6.52. The Morgan fingerprint density at radius 2 is 0.694 bits per heavy atom. The summed E-state index contributed by atoms with van der Waals surface area (Å²) < 4.78 is 0. The molecular formula is C45H28N4. The summed E-state index contributed by atoms with van der Waals surface area (Å²) in [5.41, 5.74) is 17.9. The monoisotopic (exact) mass is 624 g/mol. The lowest BCUT2D eigenvalue weighted by molar-refractivity contribution is 0.794. The van der Waals surface area contributed by atoms with Gasteiger partial charge in [0.2, 0.25) is 0 Å². The highest BCUT2D eigenvalue weighted by atomic mass is 14.8. The molecule has 2 aliphatic carbocycles. The van der Waals surface area contributed by atoms with Crippen molar-refractivity contribution in [2.75, 3.05) is 0 Å². The van der Waals surface area contributed by atoms with Gasteiger partial charge in [0.25, 0.3) is 0 Å². The molecule has 0 atom stereocenters. The van der Waals surface area contributed by atoms with Gasteiger partial charge in [0.05, 0.1) is 28.2 Å². The molecule has 0 N–H and O–H groups in total. The van der Waals surface area contributed by atoms with E-state index in [0.29, 0.717) is 0 Å². The van der Waals surface area contributed by atoms with Gasteiger partial charge in [-0.15, -0.1) is 0 Å². The largest absolute Gasteiger partial charge is 0.255 e. The molecule has 0 fully saturated rings. The number of pyridine rings is 4. The van der Waals surface area contributed by atoms with Crippen LogP contribution in [0, 0.1) is 0 Å². The lowest BCUT2D eigenvalue weighted by Crippen LogP contribution is -2.25. The molecule has 4 heteroatoms. The summed E-state index contributed by atoms with van der Waals surface area (Å²) in [6.45, 7) is 0. The van der Waals surface area contributed by atoms with Gasteiger partial charge in [0.15, 0.2) is 0 Å². The number of nitrogens with zero attached hydrogens (tertiary/aromatic N) is 4. The van der Waals surface area contributed by atoms with Gasteiger partial charge in [-0.25, -0.2) is 0 Å². The molecule has 4 nitrogen and oxygen atoms in total. The molecule has 0 unspecified atom stereocenters. The van der Waals surface area contributed by atoms with E-state index in [0.717, 1.165) is 45.0 Å². The fourth-order valence-corrected chi connectivity index (χ4v) is 8.04. The Bertz CT molecular complexity index is 2380. The first kappa shape index (κ1) is 27.6. The Kier molecular flexibility index (Phi) is 6.06. The molecule has 4 heterocycles. The number of hydrogen-bond donors (Lipinski definition) is 0. The minimum atomic E-state index is -0.413. The second kappa shape index (κ2) is 10.8. The fraction of sp³-hybridized carbons (Fsp3) is 0.0222. The van der Waals surface area contributed by atoms with Crippen LogP contribution in [-0.2, 0) is 5.41 Å². The van der Waals surface area contributed by atoms with Crippen molar-refractivity contribution < 1.29 is 0 Å². The molecule has 10 rings (SSSR count). The van der Waals surface area contributed by atoms with Crippen LogP contribution in [0.3, 0.4) is 0 Å². The van der Waals surface area contributed by atoms with Gasteiger partial charge in [-0.3, -0.25) is 19.9 Å². The maximum absolute atomic E-state index is 4.65. The van der Waals surface area contributed by atoms with Crippen LogP contribution in [-0.4, -0.2) is 19.9 Å². The number of aromatic nitrogens is 4. The number of rotatable bonds is 4. The van der Waals surface area contributed by atoms with E-state index in [1.54, 1.807) is 0 Å². The molecule has 0 saturated carbocycles. The molecule has 2 aliphatic rings. The van der Waals surface area contributed by atoms with Gasteiger partial charge >= 0.3 is 0 Å². The van der Waals surface area contributed by atoms with Crippen LogP contribution in [0.25, 0.3) is 67.3 Å². The van der Waals surface area contributed by atoms with Crippen LogP contribution in [0.15, 0.2) is 170 Å². The van der Waals surface area contributed by atoms with Crippen molar-refractivity contribution in [2.45, 2.75) is 5.41 Å². The van der Waals surface area contributed by atoms with Crippen LogP contribution in [0.1, 0.15) is 22.3 Å². The molecule has 49 heavy (non-hydrogen) atoms. The summed E-state index contributed by atoms with van der Waals surface area (Å²) in [6.07, 6.45) is 7.39. The van der Waals surface area contributed by atoms with E-state index < -0.39 is 5.41 Å². The maximum Gasteiger partial charge on any atom is 0.0892 e. The molecule has 0 amide bonds. The van der Waals surface area contributed by atoms with Gasteiger partial charge in [0.1, 0.15) is 0 Å². The topological polar surface area (TPSA) is 51.6 Å². The third-order valence-corrected chi connectivity index (χ3v) is 10.1. The van der Waals surface area contributed by atoms with Crippen molar-refractivity contribution >= 4 is 0 Å². The summed E-state index contributed by atoms with van der Waals surface area (Å²) in [5, 5.41) is 0. The van der Waals surface area contributed by atoms with Gasteiger partial charge in [-0.2, -0.15) is 0 Å². The average Bonchev–Trinajstić information content (AvgIpc) is 3.65. The smallest absolute Gasteiger partial charge is 0.0892 e. The van der Waals surface area contributed by atoms with Gasteiger partial charge in [0, 0.05) is 24.8 Å². The first-order valence-corrected chi connectivity index (χ1v) is 16.5. The molecule has 0 aliphatic heterocycles. The van der Waals surface area contributed by atoms with Gasteiger partial charge in [-0.1, -0.05) is 84.9 Å². The van der Waals surface area contributed by atoms with E-state index in [2.05, 4.69) is 129 Å². The molecule has 4 aromatic carbocycles. The summed E-state index contributed by atoms with van der Waals surface area (Å²) in [5.74, 6) is 0. The van der Waals surface area contributed by atoms with Crippen molar-refractivity contribution in [2.24, 2.45) is 0 Å². The Balaban J connectivity index is 1.20.